The van der Waals surface area contributed by atoms with E-state index < -0.39 is 0 Å². The van der Waals surface area contributed by atoms with Gasteiger partial charge in [0.15, 0.2) is 6.29 Å². The Balaban J connectivity index is 2.09. The van der Waals surface area contributed by atoms with Crippen molar-refractivity contribution in [2.24, 2.45) is 5.10 Å². The molecule has 0 saturated carbocycles. The summed E-state index contributed by atoms with van der Waals surface area (Å²) in [6.45, 7) is 0. The Bertz CT molecular complexity index is 486. The van der Waals surface area contributed by atoms with Crippen molar-refractivity contribution in [3.05, 3.63) is 52.5 Å². The van der Waals surface area contributed by atoms with E-state index in [0.717, 1.165) is 16.4 Å². The Hall–Kier alpha value is -1.68. The number of rotatable bonds is 3. The van der Waals surface area contributed by atoms with E-state index in [9.17, 15) is 4.79 Å². The second kappa shape index (κ2) is 4.90. The molecule has 0 radical (unpaired) electrons. The third-order valence-electron chi connectivity index (χ3n) is 2.10. The van der Waals surface area contributed by atoms with Crippen molar-refractivity contribution in [1.29, 1.82) is 0 Å². The molecule has 3 nitrogen and oxygen atoms in total. The van der Waals surface area contributed by atoms with E-state index >= 15 is 0 Å². The molecule has 1 aliphatic rings. The maximum Gasteiger partial charge on any atom is 0.152 e. The molecule has 80 valence electrons. The van der Waals surface area contributed by atoms with Gasteiger partial charge in [-0.2, -0.15) is 5.10 Å². The van der Waals surface area contributed by atoms with Gasteiger partial charge in [0.25, 0.3) is 0 Å². The van der Waals surface area contributed by atoms with E-state index in [2.05, 4.69) is 26.5 Å². The molecule has 0 fully saturated rings. The van der Waals surface area contributed by atoms with Crippen LogP contribution in [0.15, 0.2) is 57.6 Å². The summed E-state index contributed by atoms with van der Waals surface area (Å²) in [5.74, 6) is 0. The Morgan fingerprint density at radius 2 is 2.00 bits per heavy atom. The fraction of sp³-hybridized carbons (Fsp3) is 0. The van der Waals surface area contributed by atoms with E-state index in [1.54, 1.807) is 18.2 Å². The lowest BCUT2D eigenvalue weighted by molar-refractivity contribution is -0.104. The van der Waals surface area contributed by atoms with Crippen LogP contribution < -0.4 is 5.43 Å². The van der Waals surface area contributed by atoms with Crippen molar-refractivity contribution >= 4 is 33.6 Å². The van der Waals surface area contributed by atoms with Gasteiger partial charge in [-0.3, -0.25) is 10.2 Å². The lowest BCUT2D eigenvalue weighted by Crippen LogP contribution is -2.01. The first-order valence-corrected chi connectivity index (χ1v) is 5.52. The summed E-state index contributed by atoms with van der Waals surface area (Å²) in [6, 6.07) is 7.64. The molecule has 0 heterocycles. The number of halogens is 1. The average Bonchev–Trinajstić information content (AvgIpc) is 2.76. The van der Waals surface area contributed by atoms with Gasteiger partial charge in [-0.25, -0.2) is 0 Å². The summed E-state index contributed by atoms with van der Waals surface area (Å²) < 4.78 is 1.01. The summed E-state index contributed by atoms with van der Waals surface area (Å²) >= 11 is 3.35. The minimum atomic E-state index is 0.588. The predicted octanol–water partition coefficient (Wildman–Crippen LogP) is 2.91. The number of hydrazone groups is 1. The maximum absolute atomic E-state index is 10.7. The van der Waals surface area contributed by atoms with E-state index in [4.69, 9.17) is 0 Å². The Morgan fingerprint density at radius 1 is 1.25 bits per heavy atom. The van der Waals surface area contributed by atoms with Crippen LogP contribution in [0.3, 0.4) is 0 Å². The Morgan fingerprint density at radius 3 is 2.69 bits per heavy atom. The van der Waals surface area contributed by atoms with Gasteiger partial charge in [0.05, 0.1) is 11.4 Å². The molecular formula is C12H9BrN2O. The number of nitrogens with one attached hydrogen (secondary N) is 1. The highest BCUT2D eigenvalue weighted by Gasteiger charge is 2.06. The molecule has 0 bridgehead atoms. The monoisotopic (exact) mass is 276 g/mol. The normalized spacial score (nSPS) is 16.3. The maximum atomic E-state index is 10.7. The van der Waals surface area contributed by atoms with Crippen molar-refractivity contribution in [2.45, 2.75) is 0 Å². The van der Waals surface area contributed by atoms with Gasteiger partial charge < -0.3 is 0 Å². The van der Waals surface area contributed by atoms with E-state index in [-0.39, 0.29) is 0 Å². The van der Waals surface area contributed by atoms with Crippen LogP contribution >= 0.6 is 15.9 Å². The highest BCUT2D eigenvalue weighted by Crippen LogP contribution is 2.14. The third kappa shape index (κ3) is 2.46. The molecule has 0 amide bonds. The zero-order valence-corrected chi connectivity index (χ0v) is 9.94. The number of hydrogen-bond donors (Lipinski definition) is 1. The summed E-state index contributed by atoms with van der Waals surface area (Å²) in [6.07, 6.45) is 6.11. The number of hydrogen-bond acceptors (Lipinski definition) is 3. The zero-order chi connectivity index (χ0) is 11.4. The van der Waals surface area contributed by atoms with Gasteiger partial charge in [-0.15, -0.1) is 0 Å². The fourth-order valence-corrected chi connectivity index (χ4v) is 1.54. The topological polar surface area (TPSA) is 41.5 Å². The highest BCUT2D eigenvalue weighted by molar-refractivity contribution is 9.10. The first-order chi connectivity index (χ1) is 7.79. The number of nitrogens with zero attached hydrogens (tertiary/aromatic N) is 1. The lowest BCUT2D eigenvalue weighted by atomic mass is 10.2. The molecule has 0 spiro atoms. The molecule has 1 aromatic rings. The van der Waals surface area contributed by atoms with Crippen LogP contribution in [0, 0.1) is 0 Å². The van der Waals surface area contributed by atoms with E-state index in [0.29, 0.717) is 11.3 Å². The minimum absolute atomic E-state index is 0.588. The molecule has 1 aromatic carbocycles. The summed E-state index contributed by atoms with van der Waals surface area (Å²) in [7, 11) is 0. The molecule has 0 unspecified atom stereocenters. The predicted molar refractivity (Wildman–Crippen MR) is 68.5 cm³/mol. The second-order valence-electron chi connectivity index (χ2n) is 3.21. The van der Waals surface area contributed by atoms with Crippen molar-refractivity contribution in [2.75, 3.05) is 5.43 Å². The van der Waals surface area contributed by atoms with Crippen molar-refractivity contribution < 1.29 is 4.79 Å². The van der Waals surface area contributed by atoms with Gasteiger partial charge in [0, 0.05) is 10.0 Å². The Labute approximate surface area is 102 Å². The molecule has 0 aliphatic heterocycles. The van der Waals surface area contributed by atoms with Crippen LogP contribution in [-0.2, 0) is 4.79 Å². The highest BCUT2D eigenvalue weighted by atomic mass is 79.9. The number of carbonyl (C=O) groups excluding carboxylic acids is 1. The summed E-state index contributed by atoms with van der Waals surface area (Å²) in [5.41, 5.74) is 5.01. The molecule has 16 heavy (non-hydrogen) atoms. The smallest absolute Gasteiger partial charge is 0.152 e. The van der Waals surface area contributed by atoms with E-state index in [1.165, 1.54) is 0 Å². The number of carbonyl (C=O) groups is 1. The van der Waals surface area contributed by atoms with Gasteiger partial charge >= 0.3 is 0 Å². The summed E-state index contributed by atoms with van der Waals surface area (Å²) in [4.78, 5) is 10.7. The third-order valence-corrected chi connectivity index (χ3v) is 2.63. The number of aldehydes is 1. The molecule has 0 atom stereocenters. The van der Waals surface area contributed by atoms with Crippen molar-refractivity contribution in [3.63, 3.8) is 0 Å². The first-order valence-electron chi connectivity index (χ1n) is 4.73. The molecular weight excluding hydrogens is 268 g/mol. The Kier molecular flexibility index (Phi) is 3.31. The SMILES string of the molecule is O=CC1=CC=CC1=NNc1ccc(Br)cc1. The van der Waals surface area contributed by atoms with Crippen molar-refractivity contribution in [3.8, 4) is 0 Å². The van der Waals surface area contributed by atoms with Crippen LogP contribution in [0.5, 0.6) is 0 Å². The largest absolute Gasteiger partial charge is 0.298 e. The molecule has 0 aromatic heterocycles. The number of anilines is 1. The standard InChI is InChI=1S/C12H9BrN2O/c13-10-4-6-11(7-5-10)14-15-12-3-1-2-9(12)8-16/h1-8,14H. The number of allylic oxidation sites excluding steroid dienone is 4. The first kappa shape index (κ1) is 10.8. The van der Waals surface area contributed by atoms with Gasteiger partial charge in [-0.1, -0.05) is 22.0 Å². The average molecular weight is 277 g/mol. The molecule has 1 aliphatic carbocycles. The van der Waals surface area contributed by atoms with Gasteiger partial charge in [0.2, 0.25) is 0 Å². The van der Waals surface area contributed by atoms with E-state index in [1.807, 2.05) is 24.3 Å². The van der Waals surface area contributed by atoms with Crippen LogP contribution in [0.25, 0.3) is 0 Å². The number of benzene rings is 1. The molecule has 4 heteroatoms. The van der Waals surface area contributed by atoms with Crippen LogP contribution in [0.1, 0.15) is 0 Å². The zero-order valence-electron chi connectivity index (χ0n) is 8.35. The second-order valence-corrected chi connectivity index (χ2v) is 4.13. The van der Waals surface area contributed by atoms with Gasteiger partial charge in [0.1, 0.15) is 0 Å². The van der Waals surface area contributed by atoms with Gasteiger partial charge in [-0.05, 0) is 36.4 Å². The quantitative estimate of drug-likeness (QED) is 0.681. The van der Waals surface area contributed by atoms with Crippen LogP contribution in [0.4, 0.5) is 5.69 Å². The minimum Gasteiger partial charge on any atom is -0.298 e. The van der Waals surface area contributed by atoms with Crippen LogP contribution in [0.2, 0.25) is 0 Å². The molecule has 0 saturated heterocycles. The summed E-state index contributed by atoms with van der Waals surface area (Å²) in [5, 5.41) is 4.14. The fourth-order valence-electron chi connectivity index (χ4n) is 1.28. The van der Waals surface area contributed by atoms with Crippen molar-refractivity contribution in [1.82, 2.24) is 0 Å². The van der Waals surface area contributed by atoms with Crippen LogP contribution in [-0.4, -0.2) is 12.0 Å². The molecule has 1 N–H and O–H groups in total. The lowest BCUT2D eigenvalue weighted by Gasteiger charge is -2.01. The molecule has 2 rings (SSSR count).